The Morgan fingerprint density at radius 1 is 1.00 bits per heavy atom. The van der Waals surface area contributed by atoms with Gasteiger partial charge >= 0.3 is 8.56 Å². The number of rotatable bonds is 7. The minimum atomic E-state index is -1.97. The van der Waals surface area contributed by atoms with Crippen LogP contribution in [0, 0.1) is 11.8 Å². The molecule has 2 fully saturated rings. The molecular formula is C17H34O2Si. The molecule has 0 heterocycles. The normalized spacial score (nSPS) is 26.6. The van der Waals surface area contributed by atoms with Crippen molar-refractivity contribution in [2.24, 2.45) is 11.8 Å². The molecule has 2 unspecified atom stereocenters. The Balaban J connectivity index is 1.88. The zero-order valence-electron chi connectivity index (χ0n) is 13.8. The van der Waals surface area contributed by atoms with E-state index >= 15 is 0 Å². The lowest BCUT2D eigenvalue weighted by molar-refractivity contribution is 0.0870. The highest BCUT2D eigenvalue weighted by Crippen LogP contribution is 2.35. The van der Waals surface area contributed by atoms with Crippen LogP contribution in [0.1, 0.15) is 71.6 Å². The Morgan fingerprint density at radius 3 is 2.20 bits per heavy atom. The van der Waals surface area contributed by atoms with Gasteiger partial charge in [-0.05, 0) is 51.1 Å². The first kappa shape index (κ1) is 16.5. The van der Waals surface area contributed by atoms with E-state index in [4.69, 9.17) is 8.85 Å². The molecule has 0 radical (unpaired) electrons. The van der Waals surface area contributed by atoms with E-state index in [2.05, 4.69) is 20.4 Å². The third-order valence-corrected chi connectivity index (χ3v) is 8.42. The first-order chi connectivity index (χ1) is 9.63. The Hall–Kier alpha value is 0.137. The number of hydrogen-bond donors (Lipinski definition) is 0. The minimum Gasteiger partial charge on any atom is -0.395 e. The number of hydrogen-bond acceptors (Lipinski definition) is 2. The summed E-state index contributed by atoms with van der Waals surface area (Å²) in [6, 6.07) is 1.22. The van der Waals surface area contributed by atoms with E-state index < -0.39 is 8.56 Å². The highest BCUT2D eigenvalue weighted by atomic mass is 28.4. The highest BCUT2D eigenvalue weighted by Gasteiger charge is 2.38. The van der Waals surface area contributed by atoms with Crippen LogP contribution < -0.4 is 0 Å². The molecule has 2 aliphatic rings. The summed E-state index contributed by atoms with van der Waals surface area (Å²) >= 11 is 0. The van der Waals surface area contributed by atoms with E-state index in [9.17, 15) is 0 Å². The van der Waals surface area contributed by atoms with Crippen LogP contribution in [0.15, 0.2) is 0 Å². The molecule has 0 amide bonds. The molecular weight excluding hydrogens is 264 g/mol. The standard InChI is InChI=1S/C17H34O2Si/c1-4-18-20(3,14-16-10-6-5-7-11-16)19-15(2)17-12-8-9-13-17/h15-17H,4-14H2,1-3H3. The maximum Gasteiger partial charge on any atom is 0.335 e. The lowest BCUT2D eigenvalue weighted by Gasteiger charge is -2.35. The lowest BCUT2D eigenvalue weighted by Crippen LogP contribution is -2.44. The third-order valence-electron chi connectivity index (χ3n) is 5.33. The molecule has 0 aromatic carbocycles. The Kier molecular flexibility index (Phi) is 6.56. The third kappa shape index (κ3) is 4.85. The molecule has 2 rings (SSSR count). The Bertz CT molecular complexity index is 272. The molecule has 0 bridgehead atoms. The maximum atomic E-state index is 6.58. The zero-order chi connectivity index (χ0) is 14.4. The quantitative estimate of drug-likeness (QED) is 0.596. The van der Waals surface area contributed by atoms with Gasteiger partial charge in [-0.1, -0.05) is 44.9 Å². The summed E-state index contributed by atoms with van der Waals surface area (Å²) in [6.07, 6.45) is 13.0. The molecule has 0 saturated heterocycles. The lowest BCUT2D eigenvalue weighted by atomic mass is 9.91. The minimum absolute atomic E-state index is 0.407. The molecule has 118 valence electrons. The fourth-order valence-corrected chi connectivity index (χ4v) is 7.61. The smallest absolute Gasteiger partial charge is 0.335 e. The molecule has 0 aromatic rings. The Labute approximate surface area is 126 Å². The van der Waals surface area contributed by atoms with Crippen LogP contribution in [-0.4, -0.2) is 21.3 Å². The van der Waals surface area contributed by atoms with Crippen LogP contribution in [0.4, 0.5) is 0 Å². The van der Waals surface area contributed by atoms with Crippen molar-refractivity contribution in [2.75, 3.05) is 6.61 Å². The second-order valence-corrected chi connectivity index (χ2v) is 10.3. The molecule has 0 aromatic heterocycles. The first-order valence-electron chi connectivity index (χ1n) is 8.95. The van der Waals surface area contributed by atoms with Crippen molar-refractivity contribution in [3.63, 3.8) is 0 Å². The van der Waals surface area contributed by atoms with Gasteiger partial charge in [0.25, 0.3) is 0 Å². The summed E-state index contributed by atoms with van der Waals surface area (Å²) in [5.41, 5.74) is 0. The zero-order valence-corrected chi connectivity index (χ0v) is 14.8. The fourth-order valence-electron chi connectivity index (χ4n) is 4.28. The average Bonchev–Trinajstić information content (AvgIpc) is 2.93. The van der Waals surface area contributed by atoms with Crippen LogP contribution in [0.25, 0.3) is 0 Å². The van der Waals surface area contributed by atoms with Crippen molar-refractivity contribution in [1.29, 1.82) is 0 Å². The average molecular weight is 299 g/mol. The molecule has 0 aliphatic heterocycles. The summed E-state index contributed by atoms with van der Waals surface area (Å²) in [5, 5.41) is 0. The summed E-state index contributed by atoms with van der Waals surface area (Å²) < 4.78 is 12.8. The summed E-state index contributed by atoms with van der Waals surface area (Å²) in [4.78, 5) is 0. The van der Waals surface area contributed by atoms with Gasteiger partial charge in [0.2, 0.25) is 0 Å². The second kappa shape index (κ2) is 7.95. The SMILES string of the molecule is CCO[Si](C)(CC1CCCCC1)OC(C)C1CCCC1. The Morgan fingerprint density at radius 2 is 1.60 bits per heavy atom. The van der Waals surface area contributed by atoms with Crippen LogP contribution in [-0.2, 0) is 8.85 Å². The van der Waals surface area contributed by atoms with Gasteiger partial charge in [0, 0.05) is 12.7 Å². The van der Waals surface area contributed by atoms with Crippen molar-refractivity contribution in [3.8, 4) is 0 Å². The van der Waals surface area contributed by atoms with Gasteiger partial charge in [0.15, 0.2) is 0 Å². The van der Waals surface area contributed by atoms with Gasteiger partial charge in [-0.2, -0.15) is 0 Å². The molecule has 0 N–H and O–H groups in total. The van der Waals surface area contributed by atoms with E-state index in [-0.39, 0.29) is 0 Å². The van der Waals surface area contributed by atoms with Crippen LogP contribution in [0.5, 0.6) is 0 Å². The molecule has 0 spiro atoms. The maximum absolute atomic E-state index is 6.58. The van der Waals surface area contributed by atoms with Gasteiger partial charge < -0.3 is 8.85 Å². The molecule has 2 nitrogen and oxygen atoms in total. The molecule has 20 heavy (non-hydrogen) atoms. The summed E-state index contributed by atoms with van der Waals surface area (Å²) in [7, 11) is -1.97. The predicted octanol–water partition coefficient (Wildman–Crippen LogP) is 5.27. The molecule has 3 heteroatoms. The second-order valence-electron chi connectivity index (χ2n) is 7.14. The van der Waals surface area contributed by atoms with Gasteiger partial charge in [0.05, 0.1) is 0 Å². The van der Waals surface area contributed by atoms with E-state index in [0.29, 0.717) is 6.10 Å². The predicted molar refractivity (Wildman–Crippen MR) is 87.1 cm³/mol. The van der Waals surface area contributed by atoms with E-state index in [0.717, 1.165) is 18.4 Å². The van der Waals surface area contributed by atoms with E-state index in [1.807, 2.05) is 0 Å². The fraction of sp³-hybridized carbons (Fsp3) is 1.00. The van der Waals surface area contributed by atoms with Crippen molar-refractivity contribution >= 4 is 8.56 Å². The van der Waals surface area contributed by atoms with Gasteiger partial charge in [-0.3, -0.25) is 0 Å². The van der Waals surface area contributed by atoms with Gasteiger partial charge in [-0.25, -0.2) is 0 Å². The van der Waals surface area contributed by atoms with Crippen LogP contribution in [0.2, 0.25) is 12.6 Å². The van der Waals surface area contributed by atoms with Gasteiger partial charge in [-0.15, -0.1) is 0 Å². The van der Waals surface area contributed by atoms with Crippen LogP contribution in [0.3, 0.4) is 0 Å². The first-order valence-corrected chi connectivity index (χ1v) is 11.5. The van der Waals surface area contributed by atoms with Crippen molar-refractivity contribution in [1.82, 2.24) is 0 Å². The molecule has 2 atom stereocenters. The summed E-state index contributed by atoms with van der Waals surface area (Å²) in [6.45, 7) is 7.54. The van der Waals surface area contributed by atoms with Crippen molar-refractivity contribution in [3.05, 3.63) is 0 Å². The molecule has 2 saturated carbocycles. The largest absolute Gasteiger partial charge is 0.395 e. The monoisotopic (exact) mass is 298 g/mol. The van der Waals surface area contributed by atoms with Crippen molar-refractivity contribution in [2.45, 2.75) is 90.3 Å². The van der Waals surface area contributed by atoms with Gasteiger partial charge in [0.1, 0.15) is 0 Å². The van der Waals surface area contributed by atoms with E-state index in [1.165, 1.54) is 63.8 Å². The van der Waals surface area contributed by atoms with Crippen molar-refractivity contribution < 1.29 is 8.85 Å². The molecule has 2 aliphatic carbocycles. The topological polar surface area (TPSA) is 18.5 Å². The summed E-state index contributed by atoms with van der Waals surface area (Å²) in [5.74, 6) is 1.65. The highest BCUT2D eigenvalue weighted by molar-refractivity contribution is 6.66. The van der Waals surface area contributed by atoms with Crippen LogP contribution >= 0.6 is 0 Å². The van der Waals surface area contributed by atoms with E-state index in [1.54, 1.807) is 0 Å².